The summed E-state index contributed by atoms with van der Waals surface area (Å²) in [7, 11) is 0. The molecular formula is C9H6N2O3. The van der Waals surface area contributed by atoms with E-state index in [0.717, 1.165) is 0 Å². The summed E-state index contributed by atoms with van der Waals surface area (Å²) in [5.74, 6) is -0.565. The van der Waals surface area contributed by atoms with Crippen molar-refractivity contribution in [3.05, 3.63) is 34.9 Å². The molecule has 0 aliphatic heterocycles. The van der Waals surface area contributed by atoms with Crippen molar-refractivity contribution in [3.63, 3.8) is 0 Å². The lowest BCUT2D eigenvalue weighted by Gasteiger charge is -1.87. The van der Waals surface area contributed by atoms with Gasteiger partial charge in [-0.2, -0.15) is 0 Å². The van der Waals surface area contributed by atoms with E-state index in [-0.39, 0.29) is 11.4 Å². The summed E-state index contributed by atoms with van der Waals surface area (Å²) in [6.45, 7) is 0. The van der Waals surface area contributed by atoms with Crippen LogP contribution in [0.1, 0.15) is 10.6 Å². The first-order valence-electron chi connectivity index (χ1n) is 3.87. The van der Waals surface area contributed by atoms with Gasteiger partial charge in [-0.1, -0.05) is 0 Å². The van der Waals surface area contributed by atoms with Crippen molar-refractivity contribution in [3.8, 4) is 0 Å². The summed E-state index contributed by atoms with van der Waals surface area (Å²) in [4.78, 5) is 21.0. The Bertz CT molecular complexity index is 516. The molecule has 2 rings (SSSR count). The second-order valence-corrected chi connectivity index (χ2v) is 2.79. The number of furan rings is 1. The van der Waals surface area contributed by atoms with Gasteiger partial charge in [0.15, 0.2) is 5.76 Å². The van der Waals surface area contributed by atoms with E-state index < -0.39 is 5.91 Å². The maximum Gasteiger partial charge on any atom is 0.284 e. The van der Waals surface area contributed by atoms with E-state index in [0.29, 0.717) is 11.0 Å². The van der Waals surface area contributed by atoms with Gasteiger partial charge < -0.3 is 10.2 Å². The molecule has 0 saturated carbocycles. The third-order valence-electron chi connectivity index (χ3n) is 1.85. The Morgan fingerprint density at radius 2 is 2.14 bits per heavy atom. The SMILES string of the molecule is NC(=O)c1cc2cc(N=O)ccc2o1. The summed E-state index contributed by atoms with van der Waals surface area (Å²) in [6, 6.07) is 6.08. The van der Waals surface area contributed by atoms with Gasteiger partial charge in [0.05, 0.1) is 0 Å². The molecule has 0 spiro atoms. The van der Waals surface area contributed by atoms with Gasteiger partial charge in [-0.05, 0) is 29.4 Å². The molecule has 1 aromatic carbocycles. The van der Waals surface area contributed by atoms with Gasteiger partial charge in [0.25, 0.3) is 5.91 Å². The number of hydrogen-bond acceptors (Lipinski definition) is 4. The van der Waals surface area contributed by atoms with Crippen LogP contribution in [-0.4, -0.2) is 5.91 Å². The molecule has 0 aliphatic rings. The first kappa shape index (κ1) is 8.43. The van der Waals surface area contributed by atoms with Crippen LogP contribution in [0.3, 0.4) is 0 Å². The van der Waals surface area contributed by atoms with Gasteiger partial charge in [-0.15, -0.1) is 4.91 Å². The Morgan fingerprint density at radius 1 is 1.36 bits per heavy atom. The van der Waals surface area contributed by atoms with Crippen molar-refractivity contribution in [1.82, 2.24) is 0 Å². The number of nitrogens with two attached hydrogens (primary N) is 1. The Kier molecular flexibility index (Phi) is 1.78. The molecule has 0 bridgehead atoms. The second-order valence-electron chi connectivity index (χ2n) is 2.79. The summed E-state index contributed by atoms with van der Waals surface area (Å²) in [6.07, 6.45) is 0. The topological polar surface area (TPSA) is 85.7 Å². The van der Waals surface area contributed by atoms with Gasteiger partial charge in [0, 0.05) is 5.39 Å². The first-order valence-corrected chi connectivity index (χ1v) is 3.87. The number of fused-ring (bicyclic) bond motifs is 1. The minimum absolute atomic E-state index is 0.0723. The van der Waals surface area contributed by atoms with E-state index in [2.05, 4.69) is 5.18 Å². The zero-order valence-corrected chi connectivity index (χ0v) is 7.06. The van der Waals surface area contributed by atoms with Crippen LogP contribution >= 0.6 is 0 Å². The van der Waals surface area contributed by atoms with Crippen LogP contribution in [0.5, 0.6) is 0 Å². The lowest BCUT2D eigenvalue weighted by molar-refractivity contribution is 0.0976. The molecule has 2 aromatic rings. The number of carbonyl (C=O) groups is 1. The van der Waals surface area contributed by atoms with Crippen LogP contribution in [0.4, 0.5) is 5.69 Å². The number of benzene rings is 1. The number of hydrogen-bond donors (Lipinski definition) is 1. The molecule has 1 heterocycles. The lowest BCUT2D eigenvalue weighted by Crippen LogP contribution is -2.08. The average Bonchev–Trinajstić information content (AvgIpc) is 2.59. The minimum atomic E-state index is -0.637. The van der Waals surface area contributed by atoms with Crippen molar-refractivity contribution < 1.29 is 9.21 Å². The van der Waals surface area contributed by atoms with Gasteiger partial charge >= 0.3 is 0 Å². The van der Waals surface area contributed by atoms with Crippen molar-refractivity contribution >= 4 is 22.6 Å². The Morgan fingerprint density at radius 3 is 2.79 bits per heavy atom. The highest BCUT2D eigenvalue weighted by atomic mass is 16.3. The summed E-state index contributed by atoms with van der Waals surface area (Å²) in [5, 5.41) is 3.40. The predicted octanol–water partition coefficient (Wildman–Crippen LogP) is 1.93. The van der Waals surface area contributed by atoms with Crippen molar-refractivity contribution in [2.75, 3.05) is 0 Å². The number of rotatable bonds is 2. The molecule has 1 amide bonds. The number of carbonyl (C=O) groups excluding carboxylic acids is 1. The maximum atomic E-state index is 10.8. The summed E-state index contributed by atoms with van der Waals surface area (Å²) < 4.78 is 5.11. The normalized spacial score (nSPS) is 10.3. The zero-order valence-electron chi connectivity index (χ0n) is 7.06. The molecule has 1 aromatic heterocycles. The van der Waals surface area contributed by atoms with Crippen LogP contribution in [0.25, 0.3) is 11.0 Å². The van der Waals surface area contributed by atoms with E-state index in [1.807, 2.05) is 0 Å². The maximum absolute atomic E-state index is 10.8. The monoisotopic (exact) mass is 190 g/mol. The molecule has 14 heavy (non-hydrogen) atoms. The van der Waals surface area contributed by atoms with Gasteiger partial charge in [0.1, 0.15) is 11.3 Å². The Balaban J connectivity index is 2.65. The minimum Gasteiger partial charge on any atom is -0.451 e. The highest BCUT2D eigenvalue weighted by Gasteiger charge is 2.08. The third-order valence-corrected chi connectivity index (χ3v) is 1.85. The van der Waals surface area contributed by atoms with Crippen molar-refractivity contribution in [2.45, 2.75) is 0 Å². The predicted molar refractivity (Wildman–Crippen MR) is 50.2 cm³/mol. The van der Waals surface area contributed by atoms with E-state index in [4.69, 9.17) is 10.2 Å². The fourth-order valence-corrected chi connectivity index (χ4v) is 1.21. The van der Waals surface area contributed by atoms with Crippen LogP contribution in [-0.2, 0) is 0 Å². The summed E-state index contributed by atoms with van der Waals surface area (Å²) >= 11 is 0. The van der Waals surface area contributed by atoms with Crippen LogP contribution in [0.15, 0.2) is 33.9 Å². The number of amides is 1. The molecule has 0 fully saturated rings. The molecule has 5 nitrogen and oxygen atoms in total. The number of nitrogens with zero attached hydrogens (tertiary/aromatic N) is 1. The quantitative estimate of drug-likeness (QED) is 0.734. The van der Waals surface area contributed by atoms with E-state index >= 15 is 0 Å². The van der Waals surface area contributed by atoms with Crippen LogP contribution in [0.2, 0.25) is 0 Å². The highest BCUT2D eigenvalue weighted by Crippen LogP contribution is 2.24. The smallest absolute Gasteiger partial charge is 0.284 e. The molecule has 5 heteroatoms. The fraction of sp³-hybridized carbons (Fsp3) is 0. The standard InChI is InChI=1S/C9H6N2O3/c10-9(12)8-4-5-3-6(11-13)1-2-7(5)14-8/h1-4H,(H2,10,12). The van der Waals surface area contributed by atoms with Crippen LogP contribution in [0, 0.1) is 4.91 Å². The average molecular weight is 190 g/mol. The highest BCUT2D eigenvalue weighted by molar-refractivity contribution is 5.95. The zero-order chi connectivity index (χ0) is 10.1. The lowest BCUT2D eigenvalue weighted by atomic mass is 10.2. The van der Waals surface area contributed by atoms with Gasteiger partial charge in [-0.25, -0.2) is 0 Å². The molecule has 0 saturated heterocycles. The molecule has 70 valence electrons. The van der Waals surface area contributed by atoms with Crippen molar-refractivity contribution in [2.24, 2.45) is 10.9 Å². The molecular weight excluding hydrogens is 184 g/mol. The molecule has 0 aliphatic carbocycles. The Hall–Kier alpha value is -2.17. The van der Waals surface area contributed by atoms with E-state index in [9.17, 15) is 9.70 Å². The number of primary amides is 1. The fourth-order valence-electron chi connectivity index (χ4n) is 1.21. The molecule has 0 radical (unpaired) electrons. The third kappa shape index (κ3) is 1.24. The molecule has 0 atom stereocenters. The largest absolute Gasteiger partial charge is 0.451 e. The molecule has 0 unspecified atom stereocenters. The van der Waals surface area contributed by atoms with Gasteiger partial charge in [-0.3, -0.25) is 4.79 Å². The second kappa shape index (κ2) is 2.95. The van der Waals surface area contributed by atoms with E-state index in [1.54, 1.807) is 6.07 Å². The van der Waals surface area contributed by atoms with Gasteiger partial charge in [0.2, 0.25) is 0 Å². The summed E-state index contributed by atoms with van der Waals surface area (Å²) in [5.41, 5.74) is 5.82. The van der Waals surface area contributed by atoms with E-state index in [1.165, 1.54) is 18.2 Å². The number of nitroso groups, excluding NO2 is 1. The van der Waals surface area contributed by atoms with Crippen molar-refractivity contribution in [1.29, 1.82) is 0 Å². The first-order chi connectivity index (χ1) is 6.70. The van der Waals surface area contributed by atoms with Crippen LogP contribution < -0.4 is 5.73 Å². The Labute approximate surface area is 78.5 Å². The molecule has 2 N–H and O–H groups in total.